The van der Waals surface area contributed by atoms with Crippen LogP contribution in [0.4, 0.5) is 4.39 Å². The summed E-state index contributed by atoms with van der Waals surface area (Å²) in [4.78, 5) is 0. The van der Waals surface area contributed by atoms with Crippen molar-refractivity contribution in [2.75, 3.05) is 6.61 Å². The molecule has 0 aliphatic rings. The molecule has 0 fully saturated rings. The normalized spacial score (nSPS) is 13.4. The first-order chi connectivity index (χ1) is 10.5. The number of halogens is 2. The highest BCUT2D eigenvalue weighted by Crippen LogP contribution is 2.32. The summed E-state index contributed by atoms with van der Waals surface area (Å²) in [6.07, 6.45) is -0.102. The Morgan fingerprint density at radius 1 is 1.50 bits per heavy atom. The van der Waals surface area contributed by atoms with Crippen molar-refractivity contribution in [3.63, 3.8) is 0 Å². The van der Waals surface area contributed by atoms with Crippen LogP contribution in [0.1, 0.15) is 23.7 Å². The maximum Gasteiger partial charge on any atom is 0.143 e. The SMILES string of the molecule is N#Cc1cc(F)c(Cl)cc1OC(C[C@H](N)CO)c1ccsc1. The van der Waals surface area contributed by atoms with Crippen LogP contribution in [0.3, 0.4) is 0 Å². The van der Waals surface area contributed by atoms with Crippen LogP contribution in [-0.4, -0.2) is 17.8 Å². The van der Waals surface area contributed by atoms with Crippen molar-refractivity contribution in [3.05, 3.63) is 50.9 Å². The summed E-state index contributed by atoms with van der Waals surface area (Å²) in [7, 11) is 0. The molecule has 0 aliphatic heterocycles. The molecule has 3 N–H and O–H groups in total. The van der Waals surface area contributed by atoms with Gasteiger partial charge in [-0.15, -0.1) is 0 Å². The van der Waals surface area contributed by atoms with Gasteiger partial charge in [0, 0.05) is 24.1 Å². The van der Waals surface area contributed by atoms with Crippen LogP contribution in [0.5, 0.6) is 5.75 Å². The Morgan fingerprint density at radius 3 is 2.86 bits per heavy atom. The van der Waals surface area contributed by atoms with Gasteiger partial charge >= 0.3 is 0 Å². The third kappa shape index (κ3) is 3.96. The molecular formula is C15H14ClFN2O2S. The second-order valence-corrected chi connectivity index (χ2v) is 5.90. The zero-order chi connectivity index (χ0) is 16.1. The molecule has 0 saturated carbocycles. The number of nitrogens with zero attached hydrogens (tertiary/aromatic N) is 1. The fourth-order valence-corrected chi connectivity index (χ4v) is 2.78. The van der Waals surface area contributed by atoms with Crippen molar-refractivity contribution in [2.45, 2.75) is 18.6 Å². The van der Waals surface area contributed by atoms with E-state index in [1.54, 1.807) is 0 Å². The minimum atomic E-state index is -0.676. The summed E-state index contributed by atoms with van der Waals surface area (Å²) in [5, 5.41) is 21.9. The first kappa shape index (κ1) is 16.7. The van der Waals surface area contributed by atoms with Gasteiger partial charge in [0.2, 0.25) is 0 Å². The highest BCUT2D eigenvalue weighted by atomic mass is 35.5. The largest absolute Gasteiger partial charge is 0.484 e. The van der Waals surface area contributed by atoms with Crippen molar-refractivity contribution in [2.24, 2.45) is 5.73 Å². The average molecular weight is 341 g/mol. The predicted molar refractivity (Wildman–Crippen MR) is 83.5 cm³/mol. The van der Waals surface area contributed by atoms with E-state index in [1.165, 1.54) is 17.4 Å². The van der Waals surface area contributed by atoms with E-state index < -0.39 is 18.0 Å². The third-order valence-corrected chi connectivity index (χ3v) is 4.07. The standard InChI is InChI=1S/C15H14ClFN2O2S/c16-12-5-15(10(6-18)3-13(12)17)21-14(4-11(19)7-20)9-1-2-22-8-9/h1-3,5,8,11,14,20H,4,7,19H2/t11-,14?/m0/s1. The van der Waals surface area contributed by atoms with E-state index >= 15 is 0 Å². The van der Waals surface area contributed by atoms with Crippen LogP contribution >= 0.6 is 22.9 Å². The monoisotopic (exact) mass is 340 g/mol. The maximum atomic E-state index is 13.4. The van der Waals surface area contributed by atoms with Crippen molar-refractivity contribution < 1.29 is 14.2 Å². The molecule has 1 aromatic heterocycles. The zero-order valence-electron chi connectivity index (χ0n) is 11.5. The van der Waals surface area contributed by atoms with Gasteiger partial charge in [-0.1, -0.05) is 11.6 Å². The van der Waals surface area contributed by atoms with Crippen LogP contribution in [0, 0.1) is 17.1 Å². The van der Waals surface area contributed by atoms with Crippen LogP contribution in [-0.2, 0) is 0 Å². The molecule has 1 aromatic carbocycles. The number of nitriles is 1. The highest BCUT2D eigenvalue weighted by Gasteiger charge is 2.20. The molecule has 1 heterocycles. The van der Waals surface area contributed by atoms with E-state index in [0.717, 1.165) is 11.6 Å². The number of rotatable bonds is 6. The summed E-state index contributed by atoms with van der Waals surface area (Å²) in [6, 6.07) is 5.60. The van der Waals surface area contributed by atoms with Gasteiger partial charge in [-0.2, -0.15) is 16.6 Å². The number of hydrogen-bond donors (Lipinski definition) is 2. The highest BCUT2D eigenvalue weighted by molar-refractivity contribution is 7.07. The van der Waals surface area contributed by atoms with Crippen molar-refractivity contribution in [1.82, 2.24) is 0 Å². The van der Waals surface area contributed by atoms with Gasteiger partial charge in [-0.25, -0.2) is 4.39 Å². The smallest absolute Gasteiger partial charge is 0.143 e. The average Bonchev–Trinajstić information content (AvgIpc) is 3.04. The summed E-state index contributed by atoms with van der Waals surface area (Å²) >= 11 is 7.25. The first-order valence-electron chi connectivity index (χ1n) is 6.49. The Labute approximate surface area is 136 Å². The van der Waals surface area contributed by atoms with Gasteiger partial charge in [0.1, 0.15) is 23.7 Å². The van der Waals surface area contributed by atoms with E-state index in [1.807, 2.05) is 22.9 Å². The number of aliphatic hydroxyl groups is 1. The molecule has 0 radical (unpaired) electrons. The van der Waals surface area contributed by atoms with Crippen LogP contribution < -0.4 is 10.5 Å². The van der Waals surface area contributed by atoms with Crippen LogP contribution in [0.2, 0.25) is 5.02 Å². The molecule has 0 aliphatic carbocycles. The van der Waals surface area contributed by atoms with E-state index in [4.69, 9.17) is 32.4 Å². The van der Waals surface area contributed by atoms with Gasteiger partial charge in [-0.3, -0.25) is 0 Å². The quantitative estimate of drug-likeness (QED) is 0.846. The van der Waals surface area contributed by atoms with Gasteiger partial charge < -0.3 is 15.6 Å². The molecule has 0 spiro atoms. The predicted octanol–water partition coefficient (Wildman–Crippen LogP) is 3.24. The van der Waals surface area contributed by atoms with Crippen LogP contribution in [0.15, 0.2) is 29.0 Å². The number of ether oxygens (including phenoxy) is 1. The van der Waals surface area contributed by atoms with Crippen molar-refractivity contribution in [3.8, 4) is 11.8 Å². The lowest BCUT2D eigenvalue weighted by atomic mass is 10.1. The molecule has 1 unspecified atom stereocenters. The van der Waals surface area contributed by atoms with E-state index in [0.29, 0.717) is 6.42 Å². The van der Waals surface area contributed by atoms with E-state index in [9.17, 15) is 4.39 Å². The minimum absolute atomic E-state index is 0.0553. The second-order valence-electron chi connectivity index (χ2n) is 4.72. The Balaban J connectivity index is 2.31. The lowest BCUT2D eigenvalue weighted by molar-refractivity contribution is 0.162. The lowest BCUT2D eigenvalue weighted by Gasteiger charge is -2.22. The Bertz CT molecular complexity index is 673. The van der Waals surface area contributed by atoms with E-state index in [-0.39, 0.29) is 22.9 Å². The van der Waals surface area contributed by atoms with Crippen molar-refractivity contribution >= 4 is 22.9 Å². The Hall–Kier alpha value is -1.65. The molecule has 116 valence electrons. The molecule has 22 heavy (non-hydrogen) atoms. The second kappa shape index (κ2) is 7.56. The fourth-order valence-electron chi connectivity index (χ4n) is 1.93. The summed E-state index contributed by atoms with van der Waals surface area (Å²) in [5.74, 6) is -0.486. The first-order valence-corrected chi connectivity index (χ1v) is 7.81. The molecule has 2 atom stereocenters. The molecule has 0 saturated heterocycles. The number of aliphatic hydroxyl groups excluding tert-OH is 1. The molecular weight excluding hydrogens is 327 g/mol. The number of hydrogen-bond acceptors (Lipinski definition) is 5. The fraction of sp³-hybridized carbons (Fsp3) is 0.267. The summed E-state index contributed by atoms with van der Waals surface area (Å²) in [5.41, 5.74) is 6.71. The van der Waals surface area contributed by atoms with E-state index in [2.05, 4.69) is 0 Å². The minimum Gasteiger partial charge on any atom is -0.484 e. The zero-order valence-corrected chi connectivity index (χ0v) is 13.1. The van der Waals surface area contributed by atoms with Gasteiger partial charge in [0.05, 0.1) is 17.2 Å². The van der Waals surface area contributed by atoms with Gasteiger partial charge in [-0.05, 0) is 22.9 Å². The van der Waals surface area contributed by atoms with Crippen molar-refractivity contribution in [1.29, 1.82) is 5.26 Å². The van der Waals surface area contributed by atoms with Gasteiger partial charge in [0.15, 0.2) is 0 Å². The molecule has 0 amide bonds. The molecule has 2 aromatic rings. The maximum absolute atomic E-state index is 13.4. The van der Waals surface area contributed by atoms with Gasteiger partial charge in [0.25, 0.3) is 0 Å². The molecule has 0 bridgehead atoms. The molecule has 4 nitrogen and oxygen atoms in total. The topological polar surface area (TPSA) is 79.3 Å². The molecule has 7 heteroatoms. The number of nitrogens with two attached hydrogens (primary N) is 1. The number of thiophene rings is 1. The molecule has 2 rings (SSSR count). The van der Waals surface area contributed by atoms with Crippen LogP contribution in [0.25, 0.3) is 0 Å². The Morgan fingerprint density at radius 2 is 2.27 bits per heavy atom. The lowest BCUT2D eigenvalue weighted by Crippen LogP contribution is -2.28. The third-order valence-electron chi connectivity index (χ3n) is 3.08. The number of benzene rings is 1. The summed E-state index contributed by atoms with van der Waals surface area (Å²) in [6.45, 7) is -0.181. The Kier molecular flexibility index (Phi) is 5.75. The summed E-state index contributed by atoms with van der Waals surface area (Å²) < 4.78 is 19.3.